The smallest absolute Gasteiger partial charge is 0.315 e. The van der Waals surface area contributed by atoms with Crippen molar-refractivity contribution in [2.75, 3.05) is 26.7 Å². The molecule has 59 heavy (non-hydrogen) atoms. The number of nitrogens with one attached hydrogen (secondary N) is 4. The van der Waals surface area contributed by atoms with Gasteiger partial charge in [-0.2, -0.15) is 4.31 Å². The summed E-state index contributed by atoms with van der Waals surface area (Å²) in [6.07, 6.45) is 8.10. The van der Waals surface area contributed by atoms with Crippen molar-refractivity contribution >= 4 is 39.6 Å². The number of nitrogens with zero attached hydrogens (tertiary/aromatic N) is 2. The van der Waals surface area contributed by atoms with Crippen LogP contribution in [0.5, 0.6) is 5.75 Å². The van der Waals surface area contributed by atoms with Gasteiger partial charge in [-0.25, -0.2) is 13.2 Å². The van der Waals surface area contributed by atoms with Gasteiger partial charge < -0.3 is 30.9 Å². The Balaban J connectivity index is 1.22. The van der Waals surface area contributed by atoms with E-state index in [1.165, 1.54) is 10.4 Å². The van der Waals surface area contributed by atoms with Crippen molar-refractivity contribution in [3.63, 3.8) is 0 Å². The predicted molar refractivity (Wildman–Crippen MR) is 224 cm³/mol. The lowest BCUT2D eigenvalue weighted by atomic mass is 9.70. The Morgan fingerprint density at radius 1 is 0.966 bits per heavy atom. The molecule has 5 aliphatic rings. The molecule has 6 rings (SSSR count). The van der Waals surface area contributed by atoms with Crippen LogP contribution in [-0.2, 0) is 35.7 Å². The highest BCUT2D eigenvalue weighted by molar-refractivity contribution is 7.90. The molecule has 15 heteroatoms. The zero-order valence-electron chi connectivity index (χ0n) is 36.0. The molecule has 0 bridgehead atoms. The Morgan fingerprint density at radius 3 is 2.22 bits per heavy atom. The van der Waals surface area contributed by atoms with Crippen LogP contribution in [0.3, 0.4) is 0 Å². The average Bonchev–Trinajstić information content (AvgIpc) is 4.00. The maximum Gasteiger partial charge on any atom is 0.315 e. The Morgan fingerprint density at radius 2 is 1.63 bits per heavy atom. The molecule has 4 N–H and O–H groups in total. The number of methoxy groups -OCH3 is 1. The summed E-state index contributed by atoms with van der Waals surface area (Å²) in [6.45, 7) is 16.4. The number of carbonyl (C=O) groups excluding carboxylic acids is 5. The number of piperidine rings is 1. The summed E-state index contributed by atoms with van der Waals surface area (Å²) in [4.78, 5) is 71.5. The van der Waals surface area contributed by atoms with Crippen LogP contribution in [0.1, 0.15) is 105 Å². The van der Waals surface area contributed by atoms with Gasteiger partial charge in [-0.05, 0) is 77.4 Å². The van der Waals surface area contributed by atoms with Gasteiger partial charge in [0.2, 0.25) is 27.6 Å². The topological polar surface area (TPSA) is 183 Å². The third-order valence-electron chi connectivity index (χ3n) is 14.0. The lowest BCUT2D eigenvalue weighted by molar-refractivity contribution is -0.146. The van der Waals surface area contributed by atoms with E-state index in [9.17, 15) is 27.6 Å². The minimum absolute atomic E-state index is 0.0445. The van der Waals surface area contributed by atoms with E-state index in [0.29, 0.717) is 44.5 Å². The molecule has 0 spiro atoms. The van der Waals surface area contributed by atoms with Gasteiger partial charge in [0.15, 0.2) is 0 Å². The van der Waals surface area contributed by atoms with Crippen LogP contribution < -0.4 is 26.0 Å². The van der Waals surface area contributed by atoms with E-state index in [1.807, 2.05) is 39.8 Å². The Kier molecular flexibility index (Phi) is 13.0. The number of hydrogen-bond donors (Lipinski definition) is 4. The summed E-state index contributed by atoms with van der Waals surface area (Å²) >= 11 is 0. The van der Waals surface area contributed by atoms with E-state index in [2.05, 4.69) is 41.7 Å². The first-order chi connectivity index (χ1) is 27.7. The molecule has 2 saturated heterocycles. The molecule has 1 aromatic rings. The number of amides is 5. The summed E-state index contributed by atoms with van der Waals surface area (Å²) in [7, 11) is -2.26. The molecule has 2 heterocycles. The molecule has 5 amide bonds. The number of Topliss-reactive ketones (excluding diaryl/α,β-unsaturated/α-hetero) is 1. The number of rotatable bonds is 16. The number of benzene rings is 1. The second-order valence-corrected chi connectivity index (χ2v) is 21.8. The molecule has 2 aliphatic heterocycles. The molecule has 5 fully saturated rings. The zero-order valence-corrected chi connectivity index (χ0v) is 36.8. The highest BCUT2D eigenvalue weighted by atomic mass is 32.2. The number of ketones is 1. The van der Waals surface area contributed by atoms with Crippen molar-refractivity contribution in [2.45, 2.75) is 135 Å². The average molecular weight is 839 g/mol. The minimum Gasteiger partial charge on any atom is -0.497 e. The van der Waals surface area contributed by atoms with E-state index >= 15 is 4.79 Å². The van der Waals surface area contributed by atoms with Crippen LogP contribution in [0, 0.1) is 34.0 Å². The molecule has 0 unspecified atom stereocenters. The van der Waals surface area contributed by atoms with Crippen LogP contribution in [0.15, 0.2) is 36.9 Å². The molecule has 0 aromatic heterocycles. The van der Waals surface area contributed by atoms with Crippen molar-refractivity contribution < 1.29 is 37.1 Å². The molecule has 14 nitrogen and oxygen atoms in total. The fraction of sp³-hybridized carbons (Fsp3) is 0.705. The largest absolute Gasteiger partial charge is 0.497 e. The molecule has 3 aliphatic carbocycles. The van der Waals surface area contributed by atoms with Gasteiger partial charge in [0, 0.05) is 26.2 Å². The van der Waals surface area contributed by atoms with Gasteiger partial charge in [-0.15, -0.1) is 6.58 Å². The third kappa shape index (κ3) is 9.50. The summed E-state index contributed by atoms with van der Waals surface area (Å²) in [5.74, 6) is -1.56. The van der Waals surface area contributed by atoms with Crippen LogP contribution >= 0.6 is 0 Å². The summed E-state index contributed by atoms with van der Waals surface area (Å²) in [6, 6.07) is 2.93. The maximum atomic E-state index is 15.1. The van der Waals surface area contributed by atoms with Gasteiger partial charge in [-0.1, -0.05) is 91.9 Å². The lowest BCUT2D eigenvalue weighted by Crippen LogP contribution is -2.64. The first kappa shape index (κ1) is 44.6. The van der Waals surface area contributed by atoms with Gasteiger partial charge in [-0.3, -0.25) is 19.2 Å². The number of ether oxygens (including phenoxy) is 1. The number of sulfonamides is 1. The molecular weight excluding hydrogens is 773 g/mol. The van der Waals surface area contributed by atoms with E-state index < -0.39 is 73.9 Å². The highest BCUT2D eigenvalue weighted by Gasteiger charge is 2.70. The number of hydrogen-bond acceptors (Lipinski definition) is 8. The Bertz CT molecular complexity index is 1880. The normalized spacial score (nSPS) is 27.0. The zero-order chi connectivity index (χ0) is 43.1. The standard InChI is InChI=1S/C44H66N6O8S/c1-9-22-45-39(53)35(51)31(24-27-13-14-27)46-38(52)34-33-30(43(33,5)6)26-50(34)40(54)37(44(7)20-11-10-12-21-44)48-41(55)47-36(42(2,3)4)32-19-23-49(59(32,56)57)25-28-15-17-29(58-8)18-16-28/h9,15-18,27,30-34,36-37H,1,10-14,19-26H2,2-8H3,(H,45,53)(H,46,52)(H2,47,48,55)/t30-,31-,32-,33-,34-,36-,37+/m0/s1. The molecule has 0 radical (unpaired) electrons. The second-order valence-electron chi connectivity index (χ2n) is 19.7. The summed E-state index contributed by atoms with van der Waals surface area (Å²) in [5, 5.41) is 10.6. The maximum absolute atomic E-state index is 15.1. The van der Waals surface area contributed by atoms with E-state index in [4.69, 9.17) is 4.74 Å². The Labute approximate surface area is 350 Å². The number of likely N-dealkylation sites (tertiary alicyclic amines) is 1. The highest BCUT2D eigenvalue weighted by Crippen LogP contribution is 2.65. The number of carbonyl (C=O) groups is 5. The van der Waals surface area contributed by atoms with Crippen molar-refractivity contribution in [1.82, 2.24) is 30.5 Å². The van der Waals surface area contributed by atoms with E-state index in [1.54, 1.807) is 24.1 Å². The van der Waals surface area contributed by atoms with Gasteiger partial charge in [0.1, 0.15) is 17.8 Å². The molecule has 3 saturated carbocycles. The second kappa shape index (κ2) is 17.2. The van der Waals surface area contributed by atoms with Gasteiger partial charge in [0.25, 0.3) is 5.91 Å². The SMILES string of the molecule is C=CCNC(=O)C(=O)[C@H](CC1CC1)NC(=O)[C@@H]1[C@@H]2[C@H](CN1C(=O)[C@@H](NC(=O)N[C@@H]([C@@H]1CCN(Cc3ccc(OC)cc3)S1(=O)=O)C(C)(C)C)C1(C)CCCCC1)C2(C)C. The molecule has 326 valence electrons. The van der Waals surface area contributed by atoms with Crippen LogP contribution in [0.25, 0.3) is 0 Å². The molecular formula is C44H66N6O8S. The van der Waals surface area contributed by atoms with Gasteiger partial charge >= 0.3 is 6.03 Å². The third-order valence-corrected chi connectivity index (χ3v) is 16.3. The monoisotopic (exact) mass is 838 g/mol. The van der Waals surface area contributed by atoms with E-state index in [0.717, 1.165) is 37.7 Å². The Hall–Kier alpha value is -3.98. The van der Waals surface area contributed by atoms with Crippen LogP contribution in [-0.4, -0.2) is 103 Å². The van der Waals surface area contributed by atoms with Crippen molar-refractivity contribution in [3.05, 3.63) is 42.5 Å². The van der Waals surface area contributed by atoms with E-state index in [-0.39, 0.29) is 42.2 Å². The van der Waals surface area contributed by atoms with Crippen molar-refractivity contribution in [2.24, 2.45) is 34.0 Å². The number of fused-ring (bicyclic) bond motifs is 1. The lowest BCUT2D eigenvalue weighted by Gasteiger charge is -2.43. The van der Waals surface area contributed by atoms with Crippen molar-refractivity contribution in [1.29, 1.82) is 0 Å². The number of urea groups is 1. The summed E-state index contributed by atoms with van der Waals surface area (Å²) < 4.78 is 35.0. The molecule has 7 atom stereocenters. The first-order valence-corrected chi connectivity index (χ1v) is 23.0. The first-order valence-electron chi connectivity index (χ1n) is 21.5. The summed E-state index contributed by atoms with van der Waals surface area (Å²) in [5.41, 5.74) is -0.694. The van der Waals surface area contributed by atoms with Gasteiger partial charge in [0.05, 0.1) is 24.4 Å². The predicted octanol–water partition coefficient (Wildman–Crippen LogP) is 4.29. The van der Waals surface area contributed by atoms with Crippen molar-refractivity contribution in [3.8, 4) is 5.75 Å². The minimum atomic E-state index is -3.83. The fourth-order valence-electron chi connectivity index (χ4n) is 10.1. The van der Waals surface area contributed by atoms with Crippen LogP contribution in [0.4, 0.5) is 4.79 Å². The molecule has 1 aromatic carbocycles. The quantitative estimate of drug-likeness (QED) is 0.141. The van der Waals surface area contributed by atoms with Crippen LogP contribution in [0.2, 0.25) is 0 Å². The fourth-order valence-corrected chi connectivity index (χ4v) is 12.4.